The summed E-state index contributed by atoms with van der Waals surface area (Å²) in [6, 6.07) is 5.43. The molecule has 0 unspecified atom stereocenters. The number of ketones is 1. The average Bonchev–Trinajstić information content (AvgIpc) is 2.18. The quantitative estimate of drug-likeness (QED) is 0.705. The highest BCUT2D eigenvalue weighted by atomic mass is 16.5. The molecule has 0 aromatic carbocycles. The zero-order valence-corrected chi connectivity index (χ0v) is 7.91. The van der Waals surface area contributed by atoms with Crippen LogP contribution in [0.3, 0.4) is 0 Å². The molecule has 0 aliphatic heterocycles. The highest BCUT2D eigenvalue weighted by Gasteiger charge is 2.02. The van der Waals surface area contributed by atoms with Crippen molar-refractivity contribution in [1.29, 1.82) is 0 Å². The summed E-state index contributed by atoms with van der Waals surface area (Å²) in [5.74, 6) is 0.752. The monoisotopic (exact) mass is 179 g/mol. The standard InChI is InChI=1S/C10H13NO2/c1-3-9(12)7-8-5-4-6-10(11-8)13-2/h4-6H,3,7H2,1-2H3. The number of ether oxygens (including phenoxy) is 1. The van der Waals surface area contributed by atoms with E-state index in [2.05, 4.69) is 4.98 Å². The number of carbonyl (C=O) groups excluding carboxylic acids is 1. The summed E-state index contributed by atoms with van der Waals surface area (Å²) in [6.07, 6.45) is 0.951. The van der Waals surface area contributed by atoms with Crippen LogP contribution < -0.4 is 4.74 Å². The third-order valence-corrected chi connectivity index (χ3v) is 1.76. The molecule has 0 bridgehead atoms. The van der Waals surface area contributed by atoms with E-state index in [1.807, 2.05) is 19.1 Å². The molecular formula is C10H13NO2. The first-order valence-corrected chi connectivity index (χ1v) is 4.28. The Morgan fingerprint density at radius 3 is 2.92 bits per heavy atom. The van der Waals surface area contributed by atoms with Crippen molar-refractivity contribution in [1.82, 2.24) is 4.98 Å². The van der Waals surface area contributed by atoms with Gasteiger partial charge in [-0.1, -0.05) is 13.0 Å². The van der Waals surface area contributed by atoms with Crippen molar-refractivity contribution in [2.75, 3.05) is 7.11 Å². The van der Waals surface area contributed by atoms with Crippen molar-refractivity contribution < 1.29 is 9.53 Å². The fraction of sp³-hybridized carbons (Fsp3) is 0.400. The van der Waals surface area contributed by atoms with Gasteiger partial charge in [-0.3, -0.25) is 4.79 Å². The van der Waals surface area contributed by atoms with E-state index in [0.717, 1.165) is 5.69 Å². The molecule has 0 aliphatic rings. The lowest BCUT2D eigenvalue weighted by atomic mass is 10.2. The van der Waals surface area contributed by atoms with Gasteiger partial charge in [0, 0.05) is 18.9 Å². The molecule has 1 aromatic rings. The minimum atomic E-state index is 0.195. The molecule has 3 heteroatoms. The second kappa shape index (κ2) is 4.60. The highest BCUT2D eigenvalue weighted by Crippen LogP contribution is 2.07. The van der Waals surface area contributed by atoms with Crippen LogP contribution in [0.25, 0.3) is 0 Å². The van der Waals surface area contributed by atoms with E-state index in [4.69, 9.17) is 4.74 Å². The normalized spacial score (nSPS) is 9.69. The molecule has 0 fully saturated rings. The Labute approximate surface area is 77.8 Å². The van der Waals surface area contributed by atoms with Crippen LogP contribution in [0.2, 0.25) is 0 Å². The zero-order valence-electron chi connectivity index (χ0n) is 7.91. The number of hydrogen-bond donors (Lipinski definition) is 0. The summed E-state index contributed by atoms with van der Waals surface area (Å²) in [5, 5.41) is 0. The number of Topliss-reactive ketones (excluding diaryl/α,β-unsaturated/α-hetero) is 1. The molecule has 1 aromatic heterocycles. The molecule has 0 aliphatic carbocycles. The molecular weight excluding hydrogens is 166 g/mol. The van der Waals surface area contributed by atoms with E-state index in [0.29, 0.717) is 18.7 Å². The largest absolute Gasteiger partial charge is 0.481 e. The molecule has 1 rings (SSSR count). The first-order chi connectivity index (χ1) is 6.26. The van der Waals surface area contributed by atoms with Gasteiger partial charge in [-0.2, -0.15) is 0 Å². The van der Waals surface area contributed by atoms with E-state index in [1.165, 1.54) is 0 Å². The van der Waals surface area contributed by atoms with E-state index >= 15 is 0 Å². The van der Waals surface area contributed by atoms with Crippen molar-refractivity contribution in [3.8, 4) is 5.88 Å². The maximum absolute atomic E-state index is 11.1. The second-order valence-corrected chi connectivity index (χ2v) is 2.74. The van der Waals surface area contributed by atoms with Gasteiger partial charge in [-0.15, -0.1) is 0 Å². The van der Waals surface area contributed by atoms with Gasteiger partial charge in [0.25, 0.3) is 0 Å². The number of nitrogens with zero attached hydrogens (tertiary/aromatic N) is 1. The van der Waals surface area contributed by atoms with Crippen molar-refractivity contribution in [3.05, 3.63) is 23.9 Å². The SMILES string of the molecule is CCC(=O)Cc1cccc(OC)n1. The Kier molecular flexibility index (Phi) is 3.43. The molecule has 0 atom stereocenters. The molecule has 0 N–H and O–H groups in total. The van der Waals surface area contributed by atoms with E-state index in [-0.39, 0.29) is 5.78 Å². The fourth-order valence-electron chi connectivity index (χ4n) is 0.997. The van der Waals surface area contributed by atoms with Crippen LogP contribution in [0, 0.1) is 0 Å². The van der Waals surface area contributed by atoms with Crippen molar-refractivity contribution in [2.24, 2.45) is 0 Å². The van der Waals surface area contributed by atoms with Crippen LogP contribution in [-0.2, 0) is 11.2 Å². The summed E-state index contributed by atoms with van der Waals surface area (Å²) >= 11 is 0. The lowest BCUT2D eigenvalue weighted by Crippen LogP contribution is -2.02. The van der Waals surface area contributed by atoms with Gasteiger partial charge in [-0.05, 0) is 6.07 Å². The lowest BCUT2D eigenvalue weighted by molar-refractivity contribution is -0.118. The second-order valence-electron chi connectivity index (χ2n) is 2.74. The van der Waals surface area contributed by atoms with Gasteiger partial charge in [-0.25, -0.2) is 4.98 Å². The number of carbonyl (C=O) groups is 1. The molecule has 1 heterocycles. The van der Waals surface area contributed by atoms with Gasteiger partial charge in [0.15, 0.2) is 0 Å². The van der Waals surface area contributed by atoms with Crippen LogP contribution in [-0.4, -0.2) is 17.9 Å². The summed E-state index contributed by atoms with van der Waals surface area (Å²) < 4.78 is 4.95. The van der Waals surface area contributed by atoms with Gasteiger partial charge in [0.2, 0.25) is 5.88 Å². The Morgan fingerprint density at radius 2 is 2.31 bits per heavy atom. The smallest absolute Gasteiger partial charge is 0.213 e. The van der Waals surface area contributed by atoms with Crippen LogP contribution in [0.15, 0.2) is 18.2 Å². The first kappa shape index (κ1) is 9.71. The van der Waals surface area contributed by atoms with Crippen LogP contribution in [0.5, 0.6) is 5.88 Å². The zero-order chi connectivity index (χ0) is 9.68. The molecule has 0 saturated carbocycles. The molecule has 0 amide bonds. The third-order valence-electron chi connectivity index (χ3n) is 1.76. The molecule has 0 saturated heterocycles. The average molecular weight is 179 g/mol. The Balaban J connectivity index is 2.71. The Morgan fingerprint density at radius 1 is 1.54 bits per heavy atom. The molecule has 0 radical (unpaired) electrons. The highest BCUT2D eigenvalue weighted by molar-refractivity contribution is 5.80. The van der Waals surface area contributed by atoms with Crippen LogP contribution >= 0.6 is 0 Å². The van der Waals surface area contributed by atoms with Crippen molar-refractivity contribution >= 4 is 5.78 Å². The number of aromatic nitrogens is 1. The van der Waals surface area contributed by atoms with Crippen molar-refractivity contribution in [3.63, 3.8) is 0 Å². The summed E-state index contributed by atoms with van der Waals surface area (Å²) in [4.78, 5) is 15.2. The number of methoxy groups -OCH3 is 1. The fourth-order valence-corrected chi connectivity index (χ4v) is 0.997. The first-order valence-electron chi connectivity index (χ1n) is 4.28. The van der Waals surface area contributed by atoms with E-state index in [9.17, 15) is 4.79 Å². The molecule has 70 valence electrons. The predicted molar refractivity (Wildman–Crippen MR) is 49.8 cm³/mol. The summed E-state index contributed by atoms with van der Waals surface area (Å²) in [7, 11) is 1.56. The molecule has 13 heavy (non-hydrogen) atoms. The number of hydrogen-bond acceptors (Lipinski definition) is 3. The topological polar surface area (TPSA) is 39.2 Å². The van der Waals surface area contributed by atoms with Gasteiger partial charge in [0.05, 0.1) is 12.8 Å². The summed E-state index contributed by atoms with van der Waals surface area (Å²) in [5.41, 5.74) is 0.770. The minimum Gasteiger partial charge on any atom is -0.481 e. The maximum atomic E-state index is 11.1. The Hall–Kier alpha value is -1.38. The maximum Gasteiger partial charge on any atom is 0.213 e. The summed E-state index contributed by atoms with van der Waals surface area (Å²) in [6.45, 7) is 1.85. The van der Waals surface area contributed by atoms with Crippen LogP contribution in [0.4, 0.5) is 0 Å². The van der Waals surface area contributed by atoms with Gasteiger partial charge < -0.3 is 4.74 Å². The minimum absolute atomic E-state index is 0.195. The molecule has 3 nitrogen and oxygen atoms in total. The van der Waals surface area contributed by atoms with Gasteiger partial charge in [0.1, 0.15) is 5.78 Å². The number of rotatable bonds is 4. The predicted octanol–water partition coefficient (Wildman–Crippen LogP) is 1.61. The van der Waals surface area contributed by atoms with Crippen LogP contribution in [0.1, 0.15) is 19.0 Å². The lowest BCUT2D eigenvalue weighted by Gasteiger charge is -2.01. The van der Waals surface area contributed by atoms with Crippen molar-refractivity contribution in [2.45, 2.75) is 19.8 Å². The number of pyridine rings is 1. The third kappa shape index (κ3) is 2.86. The van der Waals surface area contributed by atoms with Gasteiger partial charge >= 0.3 is 0 Å². The Bertz CT molecular complexity index is 297. The van der Waals surface area contributed by atoms with E-state index < -0.39 is 0 Å². The molecule has 0 spiro atoms. The van der Waals surface area contributed by atoms with E-state index in [1.54, 1.807) is 13.2 Å².